The molecule has 1 aromatic carbocycles. The smallest absolute Gasteiger partial charge is 0.417 e. The molecule has 3 rings (SSSR count). The minimum absolute atomic E-state index is 0.0778. The van der Waals surface area contributed by atoms with Crippen LogP contribution in [0.15, 0.2) is 48.7 Å². The molecule has 0 aliphatic heterocycles. The average Bonchev–Trinajstić information content (AvgIpc) is 3.17. The lowest BCUT2D eigenvalue weighted by atomic mass is 10.2. The van der Waals surface area contributed by atoms with Gasteiger partial charge >= 0.3 is 12.3 Å². The number of hydrogen-bond donors (Lipinski definition) is 2. The number of alkyl halides is 3. The van der Waals surface area contributed by atoms with Crippen LogP contribution in [0.3, 0.4) is 0 Å². The number of thiophene rings is 1. The number of carbonyl (C=O) groups excluding carboxylic acids is 1. The largest absolute Gasteiger partial charge is 0.443 e. The molecule has 0 aliphatic rings. The number of hydrogen-bond acceptors (Lipinski definition) is 5. The Hall–Kier alpha value is -2.62. The van der Waals surface area contributed by atoms with Crippen LogP contribution in [0.5, 0.6) is 0 Å². The number of nitrogens with one attached hydrogen (secondary N) is 2. The number of carbonyl (C=O) groups is 1. The van der Waals surface area contributed by atoms with E-state index in [0.717, 1.165) is 17.1 Å². The van der Waals surface area contributed by atoms with E-state index in [1.54, 1.807) is 36.4 Å². The van der Waals surface area contributed by atoms with Crippen LogP contribution in [0.1, 0.15) is 21.0 Å². The van der Waals surface area contributed by atoms with Crippen LogP contribution in [0.2, 0.25) is 10.0 Å². The van der Waals surface area contributed by atoms with E-state index in [0.29, 0.717) is 21.3 Å². The first-order valence-electron chi connectivity index (χ1n) is 8.69. The van der Waals surface area contributed by atoms with E-state index in [1.807, 2.05) is 0 Å². The minimum Gasteiger partial charge on any atom is -0.443 e. The van der Waals surface area contributed by atoms with Crippen molar-refractivity contribution in [3.8, 4) is 0 Å². The molecule has 5 nitrogen and oxygen atoms in total. The summed E-state index contributed by atoms with van der Waals surface area (Å²) in [6.07, 6.45) is -4.28. The first-order chi connectivity index (χ1) is 14.6. The zero-order valence-corrected chi connectivity index (χ0v) is 17.9. The number of ether oxygens (including phenoxy) is 1. The fourth-order valence-corrected chi connectivity index (χ4v) is 3.75. The van der Waals surface area contributed by atoms with E-state index in [4.69, 9.17) is 33.3 Å². The van der Waals surface area contributed by atoms with Crippen molar-refractivity contribution < 1.29 is 22.7 Å². The summed E-state index contributed by atoms with van der Waals surface area (Å²) < 4.78 is 43.2. The second kappa shape index (κ2) is 9.67. The van der Waals surface area contributed by atoms with E-state index < -0.39 is 17.8 Å². The molecule has 31 heavy (non-hydrogen) atoms. The van der Waals surface area contributed by atoms with Crippen molar-refractivity contribution in [2.45, 2.75) is 12.6 Å². The summed E-state index contributed by atoms with van der Waals surface area (Å²) in [4.78, 5) is 17.0. The molecule has 0 unspecified atom stereocenters. The second-order valence-electron chi connectivity index (χ2n) is 6.28. The lowest BCUT2D eigenvalue weighted by Crippen LogP contribution is -2.18. The number of anilines is 1. The van der Waals surface area contributed by atoms with E-state index in [9.17, 15) is 18.0 Å². The van der Waals surface area contributed by atoms with Gasteiger partial charge in [-0.1, -0.05) is 23.2 Å². The van der Waals surface area contributed by atoms with Crippen LogP contribution in [0, 0.1) is 5.41 Å². The molecule has 0 spiro atoms. The molecule has 2 heterocycles. The number of benzene rings is 1. The van der Waals surface area contributed by atoms with Crippen LogP contribution in [0.25, 0.3) is 0 Å². The minimum atomic E-state index is -4.51. The molecule has 162 valence electrons. The maximum absolute atomic E-state index is 12.7. The highest BCUT2D eigenvalue weighted by Gasteiger charge is 2.31. The van der Waals surface area contributed by atoms with Gasteiger partial charge in [0, 0.05) is 28.2 Å². The van der Waals surface area contributed by atoms with E-state index >= 15 is 0 Å². The van der Waals surface area contributed by atoms with E-state index in [2.05, 4.69) is 10.3 Å². The molecule has 0 aliphatic carbocycles. The van der Waals surface area contributed by atoms with Crippen molar-refractivity contribution in [2.24, 2.45) is 0 Å². The molecule has 0 atom stereocenters. The fourth-order valence-electron chi connectivity index (χ4n) is 2.45. The van der Waals surface area contributed by atoms with Gasteiger partial charge in [0.15, 0.2) is 0 Å². The number of amides is 1. The van der Waals surface area contributed by atoms with Crippen LogP contribution in [0.4, 0.5) is 23.7 Å². The Morgan fingerprint density at radius 2 is 1.87 bits per heavy atom. The van der Waals surface area contributed by atoms with Crippen molar-refractivity contribution in [3.63, 3.8) is 0 Å². The molecule has 0 radical (unpaired) electrons. The maximum Gasteiger partial charge on any atom is 0.417 e. The highest BCUT2D eigenvalue weighted by molar-refractivity contribution is 7.14. The Morgan fingerprint density at radius 3 is 2.52 bits per heavy atom. The second-order valence-corrected chi connectivity index (χ2v) is 8.29. The van der Waals surface area contributed by atoms with Crippen molar-refractivity contribution in [1.82, 2.24) is 4.98 Å². The third kappa shape index (κ3) is 6.43. The predicted molar refractivity (Wildman–Crippen MR) is 115 cm³/mol. The number of halogens is 5. The first-order valence-corrected chi connectivity index (χ1v) is 10.3. The Morgan fingerprint density at radius 1 is 1.16 bits per heavy atom. The van der Waals surface area contributed by atoms with Crippen LogP contribution in [-0.4, -0.2) is 23.4 Å². The summed E-state index contributed by atoms with van der Waals surface area (Å²) in [5.41, 5.74) is -0.0358. The zero-order chi connectivity index (χ0) is 22.6. The average molecular weight is 488 g/mol. The molecule has 2 N–H and O–H groups in total. The summed E-state index contributed by atoms with van der Waals surface area (Å²) in [7, 11) is 0. The lowest BCUT2D eigenvalue weighted by Gasteiger charge is -2.08. The van der Waals surface area contributed by atoms with Crippen molar-refractivity contribution >= 4 is 52.0 Å². The lowest BCUT2D eigenvalue weighted by molar-refractivity contribution is -0.137. The van der Waals surface area contributed by atoms with Gasteiger partial charge in [-0.05, 0) is 42.5 Å². The summed E-state index contributed by atoms with van der Waals surface area (Å²) in [6.45, 7) is -0.251. The Labute approximate surface area is 189 Å². The SMILES string of the molecule is N=C(COC(=O)Nc1ccc(Cl)cc1)c1ccc(Cc2ncc(C(F)(F)F)cc2Cl)s1. The monoisotopic (exact) mass is 487 g/mol. The van der Waals surface area contributed by atoms with Gasteiger partial charge in [-0.15, -0.1) is 11.3 Å². The normalized spacial score (nSPS) is 11.3. The third-order valence-electron chi connectivity index (χ3n) is 3.98. The highest BCUT2D eigenvalue weighted by Crippen LogP contribution is 2.32. The van der Waals surface area contributed by atoms with Gasteiger partial charge in [0.2, 0.25) is 0 Å². The van der Waals surface area contributed by atoms with Crippen molar-refractivity contribution in [2.75, 3.05) is 11.9 Å². The van der Waals surface area contributed by atoms with Gasteiger partial charge in [0.05, 0.1) is 26.9 Å². The summed E-state index contributed by atoms with van der Waals surface area (Å²) in [6, 6.07) is 10.7. The number of pyridine rings is 1. The quantitative estimate of drug-likeness (QED) is 0.381. The topological polar surface area (TPSA) is 75.1 Å². The van der Waals surface area contributed by atoms with Gasteiger partial charge in [-0.3, -0.25) is 10.3 Å². The van der Waals surface area contributed by atoms with Crippen LogP contribution >= 0.6 is 34.5 Å². The van der Waals surface area contributed by atoms with Crippen LogP contribution < -0.4 is 5.32 Å². The van der Waals surface area contributed by atoms with Gasteiger partial charge < -0.3 is 10.1 Å². The van der Waals surface area contributed by atoms with Gasteiger partial charge in [-0.25, -0.2) is 4.79 Å². The maximum atomic E-state index is 12.7. The van der Waals surface area contributed by atoms with Crippen molar-refractivity contribution in [3.05, 3.63) is 79.7 Å². The number of nitrogens with zero attached hydrogens (tertiary/aromatic N) is 1. The molecule has 0 fully saturated rings. The molecular weight excluding hydrogens is 474 g/mol. The Bertz CT molecular complexity index is 1100. The molecule has 0 bridgehead atoms. The zero-order valence-electron chi connectivity index (χ0n) is 15.6. The Kier molecular flexibility index (Phi) is 7.19. The molecular formula is C20H14Cl2F3N3O2S. The summed E-state index contributed by atoms with van der Waals surface area (Å²) in [5, 5.41) is 11.1. The molecule has 0 saturated carbocycles. The fraction of sp³-hybridized carbons (Fsp3) is 0.150. The summed E-state index contributed by atoms with van der Waals surface area (Å²) >= 11 is 13.0. The predicted octanol–water partition coefficient (Wildman–Crippen LogP) is 6.68. The molecule has 11 heteroatoms. The molecule has 0 saturated heterocycles. The number of rotatable bonds is 6. The third-order valence-corrected chi connectivity index (χ3v) is 5.71. The van der Waals surface area contributed by atoms with E-state index in [-0.39, 0.29) is 23.8 Å². The summed E-state index contributed by atoms with van der Waals surface area (Å²) in [5.74, 6) is 0. The Balaban J connectivity index is 1.56. The highest BCUT2D eigenvalue weighted by atomic mass is 35.5. The molecule has 3 aromatic rings. The van der Waals surface area contributed by atoms with Gasteiger partial charge in [-0.2, -0.15) is 13.2 Å². The molecule has 2 aromatic heterocycles. The number of aromatic nitrogens is 1. The van der Waals surface area contributed by atoms with E-state index in [1.165, 1.54) is 11.3 Å². The molecule has 1 amide bonds. The van der Waals surface area contributed by atoms with Gasteiger partial charge in [0.1, 0.15) is 6.61 Å². The standard InChI is InChI=1S/C20H14Cl2F3N3O2S/c21-12-1-3-13(4-2-12)28-19(29)30-10-16(26)18-6-5-14(31-18)8-17-15(22)7-11(9-27-17)20(23,24)25/h1-7,9,26H,8,10H2,(H,28,29). The van der Waals surface area contributed by atoms with Crippen molar-refractivity contribution in [1.29, 1.82) is 5.41 Å². The van der Waals surface area contributed by atoms with Gasteiger partial charge in [0.25, 0.3) is 0 Å². The first kappa shape index (κ1) is 23.1. The van der Waals surface area contributed by atoms with Crippen LogP contribution in [-0.2, 0) is 17.3 Å².